The van der Waals surface area contributed by atoms with Gasteiger partial charge in [-0.2, -0.15) is 15.1 Å². The average molecular weight is 454 g/mol. The minimum absolute atomic E-state index is 0.00664. The summed E-state index contributed by atoms with van der Waals surface area (Å²) in [6, 6.07) is 20.1. The van der Waals surface area contributed by atoms with Crippen LogP contribution in [0.4, 0.5) is 5.69 Å². The second kappa shape index (κ2) is 7.72. The number of benzene rings is 2. The molecule has 2 heterocycles. The molecule has 1 N–H and O–H groups in total. The van der Waals surface area contributed by atoms with Crippen molar-refractivity contribution in [2.24, 2.45) is 7.05 Å². The molecule has 0 radical (unpaired) electrons. The summed E-state index contributed by atoms with van der Waals surface area (Å²) in [4.78, 5) is 3.17. The van der Waals surface area contributed by atoms with Gasteiger partial charge in [-0.3, -0.25) is 0 Å². The van der Waals surface area contributed by atoms with E-state index in [2.05, 4.69) is 0 Å². The molecule has 0 atom stereocenters. The standard InChI is InChI=1S/C25H16N4OS2/c1-28-18-7-3-5-9-20(18)31-22(28)11-16-24(15(13-26)14-27)17(25(16)30)12-23-29(2)19-8-4-6-10-21(19)32-23/h3-12H,1-2H3/p+1. The molecular weight excluding hydrogens is 436 g/mol. The van der Waals surface area contributed by atoms with E-state index < -0.39 is 0 Å². The molecule has 0 spiro atoms. The topological polar surface area (TPSA) is 74.9 Å². The first-order chi connectivity index (χ1) is 15.5. The molecule has 154 valence electrons. The highest BCUT2D eigenvalue weighted by Crippen LogP contribution is 2.49. The van der Waals surface area contributed by atoms with Crippen LogP contribution in [0, 0.1) is 22.7 Å². The number of thioether (sulfide) groups is 1. The van der Waals surface area contributed by atoms with Crippen molar-refractivity contribution in [3.63, 3.8) is 0 Å². The van der Waals surface area contributed by atoms with Crippen molar-refractivity contribution in [3.8, 4) is 12.1 Å². The Balaban J connectivity index is 1.63. The Bertz CT molecular complexity index is 1490. The van der Waals surface area contributed by atoms with E-state index in [0.29, 0.717) is 16.7 Å². The van der Waals surface area contributed by atoms with Crippen LogP contribution in [0.5, 0.6) is 0 Å². The fraction of sp³-hybridized carbons (Fsp3) is 0.0800. The lowest BCUT2D eigenvalue weighted by Crippen LogP contribution is -2.29. The van der Waals surface area contributed by atoms with E-state index >= 15 is 0 Å². The molecule has 2 aliphatic rings. The fourth-order valence-corrected chi connectivity index (χ4v) is 6.08. The largest absolute Gasteiger partial charge is 0.507 e. The number of nitriles is 2. The van der Waals surface area contributed by atoms with Crippen LogP contribution >= 0.6 is 23.1 Å². The molecule has 0 bridgehead atoms. The summed E-state index contributed by atoms with van der Waals surface area (Å²) in [7, 11) is 3.93. The summed E-state index contributed by atoms with van der Waals surface area (Å²) < 4.78 is 3.17. The van der Waals surface area contributed by atoms with E-state index in [9.17, 15) is 15.6 Å². The zero-order valence-corrected chi connectivity index (χ0v) is 19.0. The van der Waals surface area contributed by atoms with Gasteiger partial charge in [0.2, 0.25) is 5.52 Å². The summed E-state index contributed by atoms with van der Waals surface area (Å²) in [6.07, 6.45) is 3.71. The lowest BCUT2D eigenvalue weighted by atomic mass is 9.80. The zero-order chi connectivity index (χ0) is 22.4. The number of aliphatic hydroxyl groups excluding tert-OH is 1. The van der Waals surface area contributed by atoms with Crippen LogP contribution in [0.2, 0.25) is 0 Å². The molecule has 5 nitrogen and oxygen atoms in total. The second-order valence-corrected chi connectivity index (χ2v) is 9.50. The Morgan fingerprint density at radius 2 is 1.78 bits per heavy atom. The number of aliphatic hydroxyl groups is 1. The number of fused-ring (bicyclic) bond motifs is 2. The minimum atomic E-state index is -0.00664. The molecule has 3 aromatic rings. The zero-order valence-electron chi connectivity index (χ0n) is 17.3. The number of rotatable bonds is 2. The predicted octanol–water partition coefficient (Wildman–Crippen LogP) is 5.36. The molecule has 7 heteroatoms. The number of thiazole rings is 1. The molecule has 5 rings (SSSR count). The van der Waals surface area contributed by atoms with E-state index in [1.165, 1.54) is 0 Å². The Morgan fingerprint density at radius 1 is 1.06 bits per heavy atom. The van der Waals surface area contributed by atoms with Crippen molar-refractivity contribution in [3.05, 3.63) is 92.7 Å². The molecular formula is C25H17N4OS2+. The first-order valence-corrected chi connectivity index (χ1v) is 11.5. The molecule has 1 aliphatic carbocycles. The van der Waals surface area contributed by atoms with E-state index in [0.717, 1.165) is 30.8 Å². The highest BCUT2D eigenvalue weighted by Gasteiger charge is 2.34. The number of aromatic nitrogens is 1. The molecule has 0 saturated heterocycles. The maximum absolute atomic E-state index is 10.9. The van der Waals surface area contributed by atoms with Gasteiger partial charge >= 0.3 is 0 Å². The quantitative estimate of drug-likeness (QED) is 0.417. The summed E-state index contributed by atoms with van der Waals surface area (Å²) in [6.45, 7) is 0. The number of aryl methyl sites for hydroxylation is 1. The van der Waals surface area contributed by atoms with Gasteiger partial charge in [0, 0.05) is 40.8 Å². The molecule has 0 saturated carbocycles. The van der Waals surface area contributed by atoms with E-state index in [4.69, 9.17) is 0 Å². The van der Waals surface area contributed by atoms with Crippen molar-refractivity contribution in [1.29, 1.82) is 10.5 Å². The average Bonchev–Trinajstić information content (AvgIpc) is 3.31. The summed E-state index contributed by atoms with van der Waals surface area (Å²) in [5.74, 6) is 0.0953. The van der Waals surface area contributed by atoms with Gasteiger partial charge in [-0.05, 0) is 24.3 Å². The maximum atomic E-state index is 10.9. The monoisotopic (exact) mass is 453 g/mol. The molecule has 2 aromatic carbocycles. The summed E-state index contributed by atoms with van der Waals surface area (Å²) in [5, 5.41) is 31.9. The lowest BCUT2D eigenvalue weighted by molar-refractivity contribution is -0.642. The van der Waals surface area contributed by atoms with Gasteiger partial charge in [-0.15, -0.1) is 0 Å². The number of anilines is 1. The van der Waals surface area contributed by atoms with Crippen LogP contribution in [0.3, 0.4) is 0 Å². The van der Waals surface area contributed by atoms with Crippen molar-refractivity contribution in [1.82, 2.24) is 0 Å². The molecule has 32 heavy (non-hydrogen) atoms. The molecule has 0 fully saturated rings. The third-order valence-electron chi connectivity index (χ3n) is 5.60. The van der Waals surface area contributed by atoms with Crippen molar-refractivity contribution >= 4 is 45.1 Å². The minimum Gasteiger partial charge on any atom is -0.507 e. The van der Waals surface area contributed by atoms with Crippen LogP contribution in [0.15, 0.2) is 92.6 Å². The number of hydrogen-bond acceptors (Lipinski definition) is 6. The van der Waals surface area contributed by atoms with Crippen LogP contribution in [-0.2, 0) is 7.05 Å². The predicted molar refractivity (Wildman–Crippen MR) is 128 cm³/mol. The number of hydrogen-bond donors (Lipinski definition) is 1. The SMILES string of the molecule is CN1/C(=C/C2=C(O)C(=C\c3sc4ccccc4[n+]3C)/C2=C(C#N)C#N)Sc2ccccc21. The number of allylic oxidation sites excluding steroid dienone is 4. The third-order valence-corrected chi connectivity index (χ3v) is 7.93. The maximum Gasteiger partial charge on any atom is 0.263 e. The van der Waals surface area contributed by atoms with Gasteiger partial charge in [0.1, 0.15) is 35.2 Å². The van der Waals surface area contributed by atoms with Crippen molar-refractivity contribution < 1.29 is 9.67 Å². The lowest BCUT2D eigenvalue weighted by Gasteiger charge is -2.25. The van der Waals surface area contributed by atoms with Crippen LogP contribution in [0.1, 0.15) is 5.01 Å². The van der Waals surface area contributed by atoms with Crippen molar-refractivity contribution in [2.75, 3.05) is 11.9 Å². The van der Waals surface area contributed by atoms with Crippen LogP contribution in [0.25, 0.3) is 16.3 Å². The van der Waals surface area contributed by atoms with Crippen LogP contribution in [-0.4, -0.2) is 12.2 Å². The van der Waals surface area contributed by atoms with Gasteiger partial charge in [0.15, 0.2) is 0 Å². The van der Waals surface area contributed by atoms with Gasteiger partial charge in [0.25, 0.3) is 5.01 Å². The highest BCUT2D eigenvalue weighted by molar-refractivity contribution is 8.03. The van der Waals surface area contributed by atoms with Gasteiger partial charge in [-0.1, -0.05) is 47.4 Å². The summed E-state index contributed by atoms with van der Waals surface area (Å²) in [5.41, 5.74) is 3.68. The van der Waals surface area contributed by atoms with Gasteiger partial charge in [-0.25, -0.2) is 0 Å². The molecule has 0 amide bonds. The van der Waals surface area contributed by atoms with Gasteiger partial charge in [0.05, 0.1) is 10.7 Å². The molecule has 0 unspecified atom stereocenters. The Labute approximate surface area is 193 Å². The first-order valence-electron chi connectivity index (χ1n) is 9.84. The van der Waals surface area contributed by atoms with E-state index in [1.54, 1.807) is 23.1 Å². The molecule has 1 aliphatic heterocycles. The van der Waals surface area contributed by atoms with E-state index in [-0.39, 0.29) is 11.3 Å². The first kappa shape index (κ1) is 20.1. The summed E-state index contributed by atoms with van der Waals surface area (Å²) >= 11 is 3.19. The molecule has 1 aromatic heterocycles. The van der Waals surface area contributed by atoms with Crippen molar-refractivity contribution in [2.45, 2.75) is 4.90 Å². The third kappa shape index (κ3) is 3.03. The Kier molecular flexibility index (Phi) is 4.86. The van der Waals surface area contributed by atoms with Gasteiger partial charge < -0.3 is 10.0 Å². The smallest absolute Gasteiger partial charge is 0.263 e. The Hall–Kier alpha value is -3.78. The number of nitrogens with zero attached hydrogens (tertiary/aromatic N) is 4. The van der Waals surface area contributed by atoms with E-state index in [1.807, 2.05) is 96.4 Å². The fourth-order valence-electron chi connectivity index (χ4n) is 3.89. The normalized spacial score (nSPS) is 17.5. The number of para-hydroxylation sites is 2. The highest BCUT2D eigenvalue weighted by atomic mass is 32.2. The second-order valence-electron chi connectivity index (χ2n) is 7.37. The Morgan fingerprint density at radius 3 is 2.50 bits per heavy atom. The van der Waals surface area contributed by atoms with Crippen LogP contribution < -0.4 is 9.47 Å².